The number of hydrogen-bond acceptors (Lipinski definition) is 2. The van der Waals surface area contributed by atoms with Gasteiger partial charge in [-0.1, -0.05) is 71.3 Å². The molecule has 0 bridgehead atoms. The van der Waals surface area contributed by atoms with E-state index in [0.29, 0.717) is 6.61 Å². The summed E-state index contributed by atoms with van der Waals surface area (Å²) < 4.78 is 10.4. The van der Waals surface area contributed by atoms with E-state index in [1.54, 1.807) is 7.11 Å². The van der Waals surface area contributed by atoms with Crippen LogP contribution in [0.3, 0.4) is 0 Å². The molecule has 18 heavy (non-hydrogen) atoms. The van der Waals surface area contributed by atoms with E-state index >= 15 is 0 Å². The minimum Gasteiger partial charge on any atom is -0.496 e. The van der Waals surface area contributed by atoms with Gasteiger partial charge in [0.15, 0.2) is 0 Å². The Labute approximate surface area is 114 Å². The van der Waals surface area contributed by atoms with E-state index in [1.807, 2.05) is 0 Å². The smallest absolute Gasteiger partial charge is 0.114 e. The van der Waals surface area contributed by atoms with Gasteiger partial charge >= 0.3 is 0 Å². The van der Waals surface area contributed by atoms with Crippen molar-refractivity contribution < 1.29 is 9.47 Å². The van der Waals surface area contributed by atoms with Crippen LogP contribution >= 0.6 is 0 Å². The molecule has 0 aromatic heterocycles. The summed E-state index contributed by atoms with van der Waals surface area (Å²) in [6.45, 7) is 7.35. The molecular formula is C16H32O2. The SMILES string of the molecule is C=C(COC)OCCCCCCCCCCCC. The molecule has 0 amide bonds. The summed E-state index contributed by atoms with van der Waals surface area (Å²) in [5, 5.41) is 0. The van der Waals surface area contributed by atoms with Gasteiger partial charge in [0.1, 0.15) is 12.4 Å². The highest BCUT2D eigenvalue weighted by Crippen LogP contribution is 2.10. The second kappa shape index (κ2) is 14.6. The van der Waals surface area contributed by atoms with Gasteiger partial charge in [-0.25, -0.2) is 0 Å². The van der Waals surface area contributed by atoms with E-state index in [4.69, 9.17) is 9.47 Å². The number of ether oxygens (including phenoxy) is 2. The van der Waals surface area contributed by atoms with Crippen LogP contribution < -0.4 is 0 Å². The topological polar surface area (TPSA) is 18.5 Å². The average Bonchev–Trinajstić information content (AvgIpc) is 2.36. The molecule has 0 aromatic carbocycles. The zero-order chi connectivity index (χ0) is 13.5. The van der Waals surface area contributed by atoms with Crippen molar-refractivity contribution in [3.8, 4) is 0 Å². The Morgan fingerprint density at radius 2 is 1.33 bits per heavy atom. The molecule has 0 saturated heterocycles. The summed E-state index contributed by atoms with van der Waals surface area (Å²) in [6.07, 6.45) is 13.5. The lowest BCUT2D eigenvalue weighted by atomic mass is 10.1. The Balaban J connectivity index is 3.01. The zero-order valence-electron chi connectivity index (χ0n) is 12.5. The Kier molecular flexibility index (Phi) is 14.2. The maximum atomic E-state index is 5.43. The molecular weight excluding hydrogens is 224 g/mol. The third-order valence-corrected chi connectivity index (χ3v) is 3.11. The molecule has 0 spiro atoms. The van der Waals surface area contributed by atoms with Crippen molar-refractivity contribution in [1.82, 2.24) is 0 Å². The first kappa shape index (κ1) is 17.5. The summed E-state index contributed by atoms with van der Waals surface area (Å²) in [6, 6.07) is 0. The molecule has 0 aromatic rings. The van der Waals surface area contributed by atoms with Crippen molar-refractivity contribution in [3.05, 3.63) is 12.3 Å². The predicted octanol–water partition coefficient (Wildman–Crippen LogP) is 5.08. The summed E-state index contributed by atoms with van der Waals surface area (Å²) in [5.74, 6) is 0.744. The first-order chi connectivity index (χ1) is 8.81. The van der Waals surface area contributed by atoms with Crippen molar-refractivity contribution >= 4 is 0 Å². The van der Waals surface area contributed by atoms with Gasteiger partial charge in [-0.3, -0.25) is 0 Å². The first-order valence-electron chi connectivity index (χ1n) is 7.60. The van der Waals surface area contributed by atoms with Gasteiger partial charge in [-0.2, -0.15) is 0 Å². The monoisotopic (exact) mass is 256 g/mol. The normalized spacial score (nSPS) is 10.6. The van der Waals surface area contributed by atoms with Crippen LogP contribution in [0.25, 0.3) is 0 Å². The van der Waals surface area contributed by atoms with E-state index in [9.17, 15) is 0 Å². The van der Waals surface area contributed by atoms with Crippen molar-refractivity contribution in [3.63, 3.8) is 0 Å². The second-order valence-corrected chi connectivity index (χ2v) is 5.00. The van der Waals surface area contributed by atoms with Gasteiger partial charge in [-0.05, 0) is 6.42 Å². The highest BCUT2D eigenvalue weighted by atomic mass is 16.5. The summed E-state index contributed by atoms with van der Waals surface area (Å²) in [5.41, 5.74) is 0. The fourth-order valence-corrected chi connectivity index (χ4v) is 2.01. The Morgan fingerprint density at radius 1 is 0.833 bits per heavy atom. The number of rotatable bonds is 14. The van der Waals surface area contributed by atoms with Gasteiger partial charge < -0.3 is 9.47 Å². The third-order valence-electron chi connectivity index (χ3n) is 3.11. The number of hydrogen-bond donors (Lipinski definition) is 0. The van der Waals surface area contributed by atoms with E-state index in [1.165, 1.54) is 57.8 Å². The maximum absolute atomic E-state index is 5.43. The molecule has 0 atom stereocenters. The van der Waals surface area contributed by atoms with E-state index in [0.717, 1.165) is 18.8 Å². The molecule has 0 radical (unpaired) electrons. The van der Waals surface area contributed by atoms with Gasteiger partial charge in [0.05, 0.1) is 6.61 Å². The molecule has 0 heterocycles. The fourth-order valence-electron chi connectivity index (χ4n) is 2.01. The number of methoxy groups -OCH3 is 1. The van der Waals surface area contributed by atoms with Gasteiger partial charge in [0.25, 0.3) is 0 Å². The van der Waals surface area contributed by atoms with Crippen LogP contribution in [-0.2, 0) is 9.47 Å². The lowest BCUT2D eigenvalue weighted by molar-refractivity contribution is 0.129. The van der Waals surface area contributed by atoms with Crippen molar-refractivity contribution in [2.45, 2.75) is 71.1 Å². The highest BCUT2D eigenvalue weighted by molar-refractivity contribution is 4.81. The molecule has 0 fully saturated rings. The Hall–Kier alpha value is -0.500. The zero-order valence-corrected chi connectivity index (χ0v) is 12.5. The maximum Gasteiger partial charge on any atom is 0.114 e. The minimum absolute atomic E-state index is 0.512. The Morgan fingerprint density at radius 3 is 1.83 bits per heavy atom. The van der Waals surface area contributed by atoms with Crippen LogP contribution in [-0.4, -0.2) is 20.3 Å². The molecule has 0 aliphatic carbocycles. The predicted molar refractivity (Wildman–Crippen MR) is 78.8 cm³/mol. The van der Waals surface area contributed by atoms with E-state index in [2.05, 4.69) is 13.5 Å². The molecule has 0 saturated carbocycles. The molecule has 0 N–H and O–H groups in total. The molecule has 0 aliphatic heterocycles. The van der Waals surface area contributed by atoms with E-state index < -0.39 is 0 Å². The van der Waals surface area contributed by atoms with E-state index in [-0.39, 0.29) is 0 Å². The summed E-state index contributed by atoms with van der Waals surface area (Å²) in [7, 11) is 1.66. The van der Waals surface area contributed by atoms with Gasteiger partial charge in [0, 0.05) is 7.11 Å². The molecule has 108 valence electrons. The van der Waals surface area contributed by atoms with Crippen molar-refractivity contribution in [1.29, 1.82) is 0 Å². The van der Waals surface area contributed by atoms with Crippen LogP contribution in [0.5, 0.6) is 0 Å². The molecule has 0 rings (SSSR count). The highest BCUT2D eigenvalue weighted by Gasteiger charge is 1.95. The fraction of sp³-hybridized carbons (Fsp3) is 0.875. The van der Waals surface area contributed by atoms with Crippen LogP contribution in [0.15, 0.2) is 12.3 Å². The number of unbranched alkanes of at least 4 members (excludes halogenated alkanes) is 9. The quantitative estimate of drug-likeness (QED) is 0.318. The molecule has 0 unspecified atom stereocenters. The largest absolute Gasteiger partial charge is 0.496 e. The Bertz CT molecular complexity index is 178. The van der Waals surface area contributed by atoms with Crippen molar-refractivity contribution in [2.24, 2.45) is 0 Å². The van der Waals surface area contributed by atoms with Crippen molar-refractivity contribution in [2.75, 3.05) is 20.3 Å². The lowest BCUT2D eigenvalue weighted by Gasteiger charge is -2.07. The summed E-state index contributed by atoms with van der Waals surface area (Å²) in [4.78, 5) is 0. The lowest BCUT2D eigenvalue weighted by Crippen LogP contribution is -2.00. The second-order valence-electron chi connectivity index (χ2n) is 5.00. The van der Waals surface area contributed by atoms with Crippen LogP contribution in [0.1, 0.15) is 71.1 Å². The van der Waals surface area contributed by atoms with Gasteiger partial charge in [-0.15, -0.1) is 0 Å². The van der Waals surface area contributed by atoms with Crippen LogP contribution in [0.4, 0.5) is 0 Å². The molecule has 2 heteroatoms. The summed E-state index contributed by atoms with van der Waals surface area (Å²) >= 11 is 0. The standard InChI is InChI=1S/C16H32O2/c1-4-5-6-7-8-9-10-11-12-13-14-18-16(2)15-17-3/h2,4-15H2,1,3H3. The average molecular weight is 256 g/mol. The molecule has 2 nitrogen and oxygen atoms in total. The minimum atomic E-state index is 0.512. The third kappa shape index (κ3) is 13.6. The first-order valence-corrected chi connectivity index (χ1v) is 7.60. The van der Waals surface area contributed by atoms with Crippen LogP contribution in [0, 0.1) is 0 Å². The molecule has 0 aliphatic rings. The van der Waals surface area contributed by atoms with Gasteiger partial charge in [0.2, 0.25) is 0 Å². The van der Waals surface area contributed by atoms with Crippen LogP contribution in [0.2, 0.25) is 0 Å².